The van der Waals surface area contributed by atoms with Crippen LogP contribution in [0.5, 0.6) is 0 Å². The topological polar surface area (TPSA) is 49.4 Å². The van der Waals surface area contributed by atoms with Gasteiger partial charge in [0.1, 0.15) is 6.04 Å². The van der Waals surface area contributed by atoms with Gasteiger partial charge in [0.2, 0.25) is 11.8 Å². The molecule has 0 aliphatic carbocycles. The molecule has 2 amide bonds. The van der Waals surface area contributed by atoms with E-state index in [1.54, 1.807) is 11.8 Å². The third kappa shape index (κ3) is 2.27. The van der Waals surface area contributed by atoms with Crippen LogP contribution in [0.25, 0.3) is 0 Å². The molecule has 5 heteroatoms. The number of hydrogen-bond donors (Lipinski definition) is 1. The maximum absolute atomic E-state index is 11.9. The third-order valence-corrected chi connectivity index (χ3v) is 4.12. The molecule has 0 aromatic heterocycles. The van der Waals surface area contributed by atoms with Crippen LogP contribution in [-0.2, 0) is 9.59 Å². The number of hydrogen-bond acceptors (Lipinski definition) is 3. The smallest absolute Gasteiger partial charge is 0.245 e. The highest BCUT2D eigenvalue weighted by molar-refractivity contribution is 7.99. The maximum atomic E-state index is 11.9. The molecule has 0 spiro atoms. The first-order chi connectivity index (χ1) is 7.18. The van der Waals surface area contributed by atoms with E-state index in [4.69, 9.17) is 0 Å². The molecule has 2 fully saturated rings. The van der Waals surface area contributed by atoms with E-state index in [9.17, 15) is 9.59 Å². The second kappa shape index (κ2) is 4.43. The van der Waals surface area contributed by atoms with Crippen molar-refractivity contribution in [2.75, 3.05) is 18.1 Å². The van der Waals surface area contributed by atoms with Crippen LogP contribution >= 0.6 is 11.8 Å². The van der Waals surface area contributed by atoms with Gasteiger partial charge in [0.05, 0.1) is 6.54 Å². The van der Waals surface area contributed by atoms with Gasteiger partial charge >= 0.3 is 0 Å². The largest absolute Gasteiger partial charge is 0.343 e. The number of rotatable bonds is 1. The number of nitrogens with one attached hydrogen (secondary N) is 1. The molecule has 0 bridgehead atoms. The zero-order valence-electron chi connectivity index (χ0n) is 8.86. The number of carbonyl (C=O) groups is 2. The fraction of sp³-hybridized carbons (Fsp3) is 0.800. The normalized spacial score (nSPS) is 32.7. The Labute approximate surface area is 93.8 Å². The van der Waals surface area contributed by atoms with Gasteiger partial charge in [-0.25, -0.2) is 0 Å². The van der Waals surface area contributed by atoms with Gasteiger partial charge in [-0.15, -0.1) is 0 Å². The van der Waals surface area contributed by atoms with Gasteiger partial charge in [0.25, 0.3) is 0 Å². The van der Waals surface area contributed by atoms with Crippen LogP contribution in [0.2, 0.25) is 0 Å². The lowest BCUT2D eigenvalue weighted by Gasteiger charge is -2.38. The molecule has 84 valence electrons. The highest BCUT2D eigenvalue weighted by atomic mass is 32.2. The van der Waals surface area contributed by atoms with Gasteiger partial charge in [0, 0.05) is 11.8 Å². The average molecular weight is 228 g/mol. The Kier molecular flexibility index (Phi) is 3.19. The predicted octanol–water partition coefficient (Wildman–Crippen LogP) is 0.229. The Morgan fingerprint density at radius 1 is 1.47 bits per heavy atom. The molecular weight excluding hydrogens is 212 g/mol. The summed E-state index contributed by atoms with van der Waals surface area (Å²) < 4.78 is 0. The summed E-state index contributed by atoms with van der Waals surface area (Å²) in [6.07, 6.45) is 2.19. The van der Waals surface area contributed by atoms with E-state index in [0.29, 0.717) is 0 Å². The van der Waals surface area contributed by atoms with Crippen molar-refractivity contribution in [2.45, 2.75) is 31.8 Å². The summed E-state index contributed by atoms with van der Waals surface area (Å²) >= 11 is 1.88. The predicted molar refractivity (Wildman–Crippen MR) is 59.7 cm³/mol. The molecule has 2 atom stereocenters. The van der Waals surface area contributed by atoms with Gasteiger partial charge < -0.3 is 10.2 Å². The number of nitrogens with zero attached hydrogens (tertiary/aromatic N) is 1. The monoisotopic (exact) mass is 228 g/mol. The quantitative estimate of drug-likeness (QED) is 0.699. The van der Waals surface area contributed by atoms with Crippen LogP contribution in [0.1, 0.15) is 19.8 Å². The minimum absolute atomic E-state index is 0.0299. The van der Waals surface area contributed by atoms with Crippen molar-refractivity contribution < 1.29 is 9.59 Å². The molecule has 1 N–H and O–H groups in total. The van der Waals surface area contributed by atoms with Crippen LogP contribution in [0.15, 0.2) is 0 Å². The summed E-state index contributed by atoms with van der Waals surface area (Å²) in [7, 11) is 0. The Hall–Kier alpha value is -0.710. The highest BCUT2D eigenvalue weighted by Crippen LogP contribution is 2.23. The molecule has 2 aliphatic heterocycles. The van der Waals surface area contributed by atoms with Crippen molar-refractivity contribution in [2.24, 2.45) is 0 Å². The van der Waals surface area contributed by atoms with E-state index in [1.165, 1.54) is 5.75 Å². The minimum Gasteiger partial charge on any atom is -0.343 e. The number of amides is 2. The zero-order chi connectivity index (χ0) is 10.8. The van der Waals surface area contributed by atoms with E-state index in [0.717, 1.165) is 18.6 Å². The number of carbonyl (C=O) groups excluding carboxylic acids is 2. The Morgan fingerprint density at radius 2 is 2.27 bits per heavy atom. The molecule has 2 aliphatic rings. The third-order valence-electron chi connectivity index (χ3n) is 2.92. The number of thioether (sulfide) groups is 1. The second-order valence-electron chi connectivity index (χ2n) is 4.13. The standard InChI is InChI=1S/C10H16N2O2S/c1-7-10(14)12(5-9(13)11-7)8-3-2-4-15-6-8/h7-8H,2-6H2,1H3,(H,11,13). The highest BCUT2D eigenvalue weighted by Gasteiger charge is 2.34. The Balaban J connectivity index is 2.05. The summed E-state index contributed by atoms with van der Waals surface area (Å²) in [6.45, 7) is 2.00. The number of piperazine rings is 1. The van der Waals surface area contributed by atoms with Crippen LogP contribution in [-0.4, -0.2) is 46.8 Å². The SMILES string of the molecule is CC1NC(=O)CN(C2CCCSC2)C1=O. The maximum Gasteiger partial charge on any atom is 0.245 e. The molecule has 0 saturated carbocycles. The lowest BCUT2D eigenvalue weighted by atomic mass is 10.1. The van der Waals surface area contributed by atoms with E-state index in [1.807, 2.05) is 11.8 Å². The summed E-state index contributed by atoms with van der Waals surface area (Å²) in [5.41, 5.74) is 0. The first kappa shape index (κ1) is 10.8. The Bertz CT molecular complexity index is 277. The summed E-state index contributed by atoms with van der Waals surface area (Å²) in [4.78, 5) is 25.0. The summed E-state index contributed by atoms with van der Waals surface area (Å²) in [6, 6.07) is -0.0806. The van der Waals surface area contributed by atoms with Crippen LogP contribution in [0, 0.1) is 0 Å². The van der Waals surface area contributed by atoms with E-state index >= 15 is 0 Å². The molecule has 0 aromatic carbocycles. The second-order valence-corrected chi connectivity index (χ2v) is 5.28. The molecule has 2 saturated heterocycles. The summed E-state index contributed by atoms with van der Waals surface area (Å²) in [5, 5.41) is 2.66. The van der Waals surface area contributed by atoms with Crippen molar-refractivity contribution in [3.8, 4) is 0 Å². The van der Waals surface area contributed by atoms with Crippen LogP contribution in [0.4, 0.5) is 0 Å². The fourth-order valence-corrected chi connectivity index (χ4v) is 3.26. The van der Waals surface area contributed by atoms with E-state index in [-0.39, 0.29) is 30.4 Å². The van der Waals surface area contributed by atoms with E-state index < -0.39 is 0 Å². The van der Waals surface area contributed by atoms with E-state index in [2.05, 4.69) is 5.32 Å². The molecule has 0 radical (unpaired) electrons. The van der Waals surface area contributed by atoms with Gasteiger partial charge in [-0.3, -0.25) is 9.59 Å². The van der Waals surface area contributed by atoms with Crippen molar-refractivity contribution in [3.05, 3.63) is 0 Å². The van der Waals surface area contributed by atoms with Gasteiger partial charge in [-0.05, 0) is 25.5 Å². The van der Waals surface area contributed by atoms with Crippen molar-refractivity contribution in [3.63, 3.8) is 0 Å². The molecule has 0 aromatic rings. The molecule has 2 rings (SSSR count). The van der Waals surface area contributed by atoms with Crippen molar-refractivity contribution >= 4 is 23.6 Å². The van der Waals surface area contributed by atoms with Crippen LogP contribution < -0.4 is 5.32 Å². The first-order valence-electron chi connectivity index (χ1n) is 5.36. The fourth-order valence-electron chi connectivity index (χ4n) is 2.11. The molecule has 2 unspecified atom stereocenters. The van der Waals surface area contributed by atoms with Crippen molar-refractivity contribution in [1.82, 2.24) is 10.2 Å². The van der Waals surface area contributed by atoms with Gasteiger partial charge in [0.15, 0.2) is 0 Å². The van der Waals surface area contributed by atoms with Crippen LogP contribution in [0.3, 0.4) is 0 Å². The lowest BCUT2D eigenvalue weighted by molar-refractivity contribution is -0.145. The first-order valence-corrected chi connectivity index (χ1v) is 6.51. The molecule has 2 heterocycles. The summed E-state index contributed by atoms with van der Waals surface area (Å²) in [5.74, 6) is 2.20. The molecular formula is C10H16N2O2S. The zero-order valence-corrected chi connectivity index (χ0v) is 9.68. The Morgan fingerprint density at radius 3 is 2.93 bits per heavy atom. The average Bonchev–Trinajstić information content (AvgIpc) is 2.24. The molecule has 15 heavy (non-hydrogen) atoms. The van der Waals surface area contributed by atoms with Gasteiger partial charge in [-0.1, -0.05) is 0 Å². The minimum atomic E-state index is -0.349. The van der Waals surface area contributed by atoms with Crippen molar-refractivity contribution in [1.29, 1.82) is 0 Å². The lowest BCUT2D eigenvalue weighted by Crippen LogP contribution is -2.60. The molecule has 4 nitrogen and oxygen atoms in total. The van der Waals surface area contributed by atoms with Gasteiger partial charge in [-0.2, -0.15) is 11.8 Å².